The number of hydrogen-bond acceptors (Lipinski definition) is 3. The van der Waals surface area contributed by atoms with Gasteiger partial charge in [0.1, 0.15) is 11.5 Å². The molecule has 0 radical (unpaired) electrons. The summed E-state index contributed by atoms with van der Waals surface area (Å²) in [5.41, 5.74) is 8.55. The Morgan fingerprint density at radius 2 is 2.11 bits per heavy atom. The van der Waals surface area contributed by atoms with Crippen molar-refractivity contribution in [1.82, 2.24) is 19.6 Å². The third-order valence-corrected chi connectivity index (χ3v) is 2.88. The summed E-state index contributed by atoms with van der Waals surface area (Å²) < 4.78 is 16.5. The van der Waals surface area contributed by atoms with Crippen molar-refractivity contribution in [3.05, 3.63) is 48.5 Å². The first-order chi connectivity index (χ1) is 9.15. The van der Waals surface area contributed by atoms with Crippen LogP contribution in [-0.2, 0) is 7.05 Å². The van der Waals surface area contributed by atoms with Gasteiger partial charge in [-0.05, 0) is 24.3 Å². The monoisotopic (exact) mass is 257 g/mol. The molecule has 96 valence electrons. The van der Waals surface area contributed by atoms with Crippen molar-refractivity contribution in [3.8, 4) is 17.1 Å². The lowest BCUT2D eigenvalue weighted by atomic mass is 10.3. The SMILES string of the molecule is Cn1nccc1-c1nn(-c2cccc(F)c2)cc1N. The Bertz CT molecular complexity index is 728. The molecule has 2 N–H and O–H groups in total. The zero-order valence-electron chi connectivity index (χ0n) is 10.3. The van der Waals surface area contributed by atoms with Crippen LogP contribution >= 0.6 is 0 Å². The maximum atomic E-state index is 13.2. The lowest BCUT2D eigenvalue weighted by molar-refractivity contribution is 0.625. The van der Waals surface area contributed by atoms with E-state index in [-0.39, 0.29) is 5.82 Å². The summed E-state index contributed by atoms with van der Waals surface area (Å²) in [4.78, 5) is 0. The van der Waals surface area contributed by atoms with Gasteiger partial charge < -0.3 is 5.73 Å². The largest absolute Gasteiger partial charge is 0.396 e. The van der Waals surface area contributed by atoms with Gasteiger partial charge in [-0.2, -0.15) is 10.2 Å². The Labute approximate surface area is 109 Å². The smallest absolute Gasteiger partial charge is 0.134 e. The number of aromatic nitrogens is 4. The van der Waals surface area contributed by atoms with Crippen molar-refractivity contribution in [1.29, 1.82) is 0 Å². The van der Waals surface area contributed by atoms with Crippen molar-refractivity contribution < 1.29 is 4.39 Å². The molecule has 3 aromatic rings. The highest BCUT2D eigenvalue weighted by molar-refractivity contribution is 5.69. The van der Waals surface area contributed by atoms with Gasteiger partial charge in [-0.3, -0.25) is 4.68 Å². The molecule has 0 amide bonds. The molecule has 0 aliphatic carbocycles. The van der Waals surface area contributed by atoms with Crippen LogP contribution in [0.2, 0.25) is 0 Å². The molecule has 0 aliphatic rings. The van der Waals surface area contributed by atoms with E-state index >= 15 is 0 Å². The van der Waals surface area contributed by atoms with E-state index in [0.717, 1.165) is 5.69 Å². The molecule has 1 aromatic carbocycles. The third kappa shape index (κ3) is 1.97. The van der Waals surface area contributed by atoms with E-state index in [0.29, 0.717) is 17.1 Å². The van der Waals surface area contributed by atoms with E-state index < -0.39 is 0 Å². The van der Waals surface area contributed by atoms with E-state index in [9.17, 15) is 4.39 Å². The fourth-order valence-electron chi connectivity index (χ4n) is 1.94. The maximum absolute atomic E-state index is 13.2. The number of benzene rings is 1. The zero-order chi connectivity index (χ0) is 13.4. The van der Waals surface area contributed by atoms with E-state index in [2.05, 4.69) is 10.2 Å². The van der Waals surface area contributed by atoms with Crippen LogP contribution in [0.1, 0.15) is 0 Å². The summed E-state index contributed by atoms with van der Waals surface area (Å²) in [7, 11) is 1.82. The number of hydrogen-bond donors (Lipinski definition) is 1. The molecule has 0 spiro atoms. The minimum atomic E-state index is -0.311. The van der Waals surface area contributed by atoms with Crippen LogP contribution in [0, 0.1) is 5.82 Å². The number of anilines is 1. The summed E-state index contributed by atoms with van der Waals surface area (Å²) in [6.07, 6.45) is 3.34. The summed E-state index contributed by atoms with van der Waals surface area (Å²) >= 11 is 0. The molecule has 5 nitrogen and oxygen atoms in total. The molecule has 2 aromatic heterocycles. The van der Waals surface area contributed by atoms with E-state index in [1.807, 2.05) is 13.1 Å². The molecule has 2 heterocycles. The summed E-state index contributed by atoms with van der Waals surface area (Å²) in [5.74, 6) is -0.311. The van der Waals surface area contributed by atoms with Gasteiger partial charge in [0.25, 0.3) is 0 Å². The maximum Gasteiger partial charge on any atom is 0.134 e. The highest BCUT2D eigenvalue weighted by atomic mass is 19.1. The number of nitrogen functional groups attached to an aromatic ring is 1. The standard InChI is InChI=1S/C13H12FN5/c1-18-12(5-6-16-18)13-11(15)8-19(17-13)10-4-2-3-9(14)7-10/h2-8H,15H2,1H3. The molecule has 3 rings (SSSR count). The molecule has 0 bridgehead atoms. The van der Waals surface area contributed by atoms with Gasteiger partial charge in [-0.15, -0.1) is 0 Å². The lowest BCUT2D eigenvalue weighted by Crippen LogP contribution is -1.98. The summed E-state index contributed by atoms with van der Waals surface area (Å²) in [6, 6.07) is 8.02. The van der Waals surface area contributed by atoms with Gasteiger partial charge >= 0.3 is 0 Å². The minimum absolute atomic E-state index is 0.311. The second kappa shape index (κ2) is 4.24. The van der Waals surface area contributed by atoms with E-state index in [1.165, 1.54) is 12.1 Å². The summed E-state index contributed by atoms with van der Waals surface area (Å²) in [5, 5.41) is 8.47. The molecule has 0 saturated heterocycles. The normalized spacial score (nSPS) is 10.8. The van der Waals surface area contributed by atoms with Gasteiger partial charge in [0, 0.05) is 13.2 Å². The predicted octanol–water partition coefficient (Wildman–Crippen LogP) is 1.99. The Morgan fingerprint density at radius 1 is 1.26 bits per heavy atom. The van der Waals surface area contributed by atoms with Crippen molar-refractivity contribution in [2.24, 2.45) is 7.05 Å². The van der Waals surface area contributed by atoms with Gasteiger partial charge in [-0.25, -0.2) is 9.07 Å². The van der Waals surface area contributed by atoms with Gasteiger partial charge in [-0.1, -0.05) is 6.07 Å². The van der Waals surface area contributed by atoms with E-state index in [1.54, 1.807) is 33.9 Å². The predicted molar refractivity (Wildman–Crippen MR) is 70.1 cm³/mol. The Hall–Kier alpha value is -2.63. The van der Waals surface area contributed by atoms with Crippen LogP contribution in [0.3, 0.4) is 0 Å². The Kier molecular flexibility index (Phi) is 2.56. The molecule has 0 saturated carbocycles. The lowest BCUT2D eigenvalue weighted by Gasteiger charge is -2.01. The Morgan fingerprint density at radius 3 is 2.79 bits per heavy atom. The van der Waals surface area contributed by atoms with Crippen LogP contribution in [0.25, 0.3) is 17.1 Å². The Balaban J connectivity index is 2.10. The highest BCUT2D eigenvalue weighted by Gasteiger charge is 2.12. The first-order valence-electron chi connectivity index (χ1n) is 5.74. The minimum Gasteiger partial charge on any atom is -0.396 e. The van der Waals surface area contributed by atoms with Crippen molar-refractivity contribution in [3.63, 3.8) is 0 Å². The second-order valence-electron chi connectivity index (χ2n) is 4.20. The van der Waals surface area contributed by atoms with Crippen LogP contribution < -0.4 is 5.73 Å². The molecule has 0 aliphatic heterocycles. The number of nitrogens with two attached hydrogens (primary N) is 1. The average Bonchev–Trinajstić information content (AvgIpc) is 2.95. The fourth-order valence-corrected chi connectivity index (χ4v) is 1.94. The van der Waals surface area contributed by atoms with Crippen molar-refractivity contribution >= 4 is 5.69 Å². The summed E-state index contributed by atoms with van der Waals surface area (Å²) in [6.45, 7) is 0. The van der Waals surface area contributed by atoms with Gasteiger partial charge in [0.2, 0.25) is 0 Å². The average molecular weight is 257 g/mol. The zero-order valence-corrected chi connectivity index (χ0v) is 10.3. The number of nitrogens with zero attached hydrogens (tertiary/aromatic N) is 4. The highest BCUT2D eigenvalue weighted by Crippen LogP contribution is 2.24. The van der Waals surface area contributed by atoms with Crippen LogP contribution in [0.4, 0.5) is 10.1 Å². The van der Waals surface area contributed by atoms with Crippen molar-refractivity contribution in [2.45, 2.75) is 0 Å². The number of aryl methyl sites for hydroxylation is 1. The van der Waals surface area contributed by atoms with Crippen LogP contribution in [0.5, 0.6) is 0 Å². The van der Waals surface area contributed by atoms with Gasteiger partial charge in [0.05, 0.1) is 23.3 Å². The van der Waals surface area contributed by atoms with Crippen LogP contribution in [0.15, 0.2) is 42.7 Å². The molecule has 6 heteroatoms. The first kappa shape index (κ1) is 11.5. The number of rotatable bonds is 2. The van der Waals surface area contributed by atoms with Gasteiger partial charge in [0.15, 0.2) is 0 Å². The second-order valence-corrected chi connectivity index (χ2v) is 4.20. The van der Waals surface area contributed by atoms with Crippen molar-refractivity contribution in [2.75, 3.05) is 5.73 Å². The molecule has 0 atom stereocenters. The first-order valence-corrected chi connectivity index (χ1v) is 5.74. The third-order valence-electron chi connectivity index (χ3n) is 2.88. The fraction of sp³-hybridized carbons (Fsp3) is 0.0769. The topological polar surface area (TPSA) is 61.7 Å². The molecule has 0 unspecified atom stereocenters. The quantitative estimate of drug-likeness (QED) is 0.763. The van der Waals surface area contributed by atoms with Crippen LogP contribution in [-0.4, -0.2) is 19.6 Å². The molecule has 0 fully saturated rings. The van der Waals surface area contributed by atoms with E-state index in [4.69, 9.17) is 5.73 Å². The number of halogens is 1. The molecule has 19 heavy (non-hydrogen) atoms. The molecular formula is C13H12FN5. The molecular weight excluding hydrogens is 245 g/mol.